The number of Topliss-reactive ketones (excluding diaryl/α,β-unsaturated/α-hetero) is 1. The molecular weight excluding hydrogens is 350 g/mol. The lowest BCUT2D eigenvalue weighted by Gasteiger charge is -2.12. The molecule has 7 heteroatoms. The number of nitrogens with one attached hydrogen (secondary N) is 2. The smallest absolute Gasteiger partial charge is 0.262 e. The van der Waals surface area contributed by atoms with Crippen molar-refractivity contribution in [1.82, 2.24) is 10.2 Å². The van der Waals surface area contributed by atoms with Crippen LogP contribution in [-0.2, 0) is 10.0 Å². The van der Waals surface area contributed by atoms with Crippen LogP contribution in [-0.4, -0.2) is 24.4 Å². The average molecular weight is 369 g/mol. The molecule has 0 spiro atoms. The van der Waals surface area contributed by atoms with Crippen molar-refractivity contribution >= 4 is 21.5 Å². The van der Waals surface area contributed by atoms with Crippen molar-refractivity contribution in [3.8, 4) is 11.3 Å². The molecule has 26 heavy (non-hydrogen) atoms. The largest absolute Gasteiger partial charge is 0.295 e. The molecule has 0 fully saturated rings. The fourth-order valence-electron chi connectivity index (χ4n) is 2.60. The number of nitrogens with zero attached hydrogens (tertiary/aromatic N) is 1. The van der Waals surface area contributed by atoms with Gasteiger partial charge in [0, 0.05) is 22.5 Å². The highest BCUT2D eigenvalue weighted by Crippen LogP contribution is 2.26. The van der Waals surface area contributed by atoms with Gasteiger partial charge in [0.2, 0.25) is 0 Å². The third kappa shape index (κ3) is 3.67. The molecule has 3 rings (SSSR count). The third-order valence-electron chi connectivity index (χ3n) is 4.02. The van der Waals surface area contributed by atoms with Crippen molar-refractivity contribution in [3.63, 3.8) is 0 Å². The van der Waals surface area contributed by atoms with E-state index >= 15 is 0 Å². The summed E-state index contributed by atoms with van der Waals surface area (Å²) >= 11 is 0. The van der Waals surface area contributed by atoms with Gasteiger partial charge in [0.1, 0.15) is 0 Å². The molecule has 0 unspecified atom stereocenters. The van der Waals surface area contributed by atoms with Crippen molar-refractivity contribution < 1.29 is 13.2 Å². The minimum Gasteiger partial charge on any atom is -0.295 e. The van der Waals surface area contributed by atoms with Gasteiger partial charge in [0.05, 0.1) is 10.6 Å². The van der Waals surface area contributed by atoms with Gasteiger partial charge < -0.3 is 0 Å². The molecular formula is C19H19N3O3S. The maximum atomic E-state index is 12.8. The number of hydrogen-bond donors (Lipinski definition) is 2. The summed E-state index contributed by atoms with van der Waals surface area (Å²) in [4.78, 5) is 11.5. The van der Waals surface area contributed by atoms with E-state index in [0.717, 1.165) is 5.69 Å². The van der Waals surface area contributed by atoms with Crippen molar-refractivity contribution in [3.05, 3.63) is 65.4 Å². The van der Waals surface area contributed by atoms with Crippen LogP contribution in [0.15, 0.2) is 53.4 Å². The van der Waals surface area contributed by atoms with Gasteiger partial charge in [-0.3, -0.25) is 14.6 Å². The van der Waals surface area contributed by atoms with E-state index in [4.69, 9.17) is 0 Å². The zero-order chi connectivity index (χ0) is 18.9. The van der Waals surface area contributed by atoms with Gasteiger partial charge in [0.15, 0.2) is 5.78 Å². The van der Waals surface area contributed by atoms with Crippen LogP contribution in [0.5, 0.6) is 0 Å². The van der Waals surface area contributed by atoms with E-state index in [1.807, 2.05) is 19.1 Å². The Morgan fingerprint density at radius 3 is 2.31 bits per heavy atom. The van der Waals surface area contributed by atoms with Gasteiger partial charge in [-0.25, -0.2) is 8.42 Å². The summed E-state index contributed by atoms with van der Waals surface area (Å²) < 4.78 is 28.2. The van der Waals surface area contributed by atoms with Crippen LogP contribution in [0.4, 0.5) is 5.69 Å². The van der Waals surface area contributed by atoms with Gasteiger partial charge in [-0.15, -0.1) is 0 Å². The van der Waals surface area contributed by atoms with Crippen LogP contribution in [0.2, 0.25) is 0 Å². The van der Waals surface area contributed by atoms with E-state index in [0.29, 0.717) is 28.1 Å². The maximum absolute atomic E-state index is 12.8. The molecule has 0 radical (unpaired) electrons. The molecule has 1 aromatic heterocycles. The van der Waals surface area contributed by atoms with Crippen molar-refractivity contribution in [2.75, 3.05) is 4.72 Å². The van der Waals surface area contributed by atoms with Crippen LogP contribution in [0.1, 0.15) is 28.5 Å². The molecule has 2 aromatic carbocycles. The van der Waals surface area contributed by atoms with Gasteiger partial charge in [-0.1, -0.05) is 12.1 Å². The molecule has 0 saturated heterocycles. The number of aromatic nitrogens is 2. The second-order valence-electron chi connectivity index (χ2n) is 6.16. The zero-order valence-electron chi connectivity index (χ0n) is 14.7. The van der Waals surface area contributed by atoms with Crippen LogP contribution in [0, 0.1) is 13.8 Å². The van der Waals surface area contributed by atoms with Crippen LogP contribution >= 0.6 is 0 Å². The minimum atomic E-state index is -3.77. The number of rotatable bonds is 5. The number of aromatic amines is 1. The lowest BCUT2D eigenvalue weighted by molar-refractivity contribution is 0.101. The molecule has 6 nitrogen and oxygen atoms in total. The number of aryl methyl sites for hydroxylation is 2. The first-order chi connectivity index (χ1) is 12.3. The predicted molar refractivity (Wildman–Crippen MR) is 101 cm³/mol. The predicted octanol–water partition coefficient (Wildman–Crippen LogP) is 3.70. The second-order valence-corrected chi connectivity index (χ2v) is 7.81. The molecule has 0 aliphatic carbocycles. The summed E-state index contributed by atoms with van der Waals surface area (Å²) in [6.45, 7) is 5.09. The summed E-state index contributed by atoms with van der Waals surface area (Å²) in [6.07, 6.45) is 0. The van der Waals surface area contributed by atoms with Crippen molar-refractivity contribution in [1.29, 1.82) is 0 Å². The van der Waals surface area contributed by atoms with Crippen molar-refractivity contribution in [2.45, 2.75) is 25.7 Å². The fraction of sp³-hybridized carbons (Fsp3) is 0.158. The Bertz CT molecular complexity index is 1070. The second kappa shape index (κ2) is 6.76. The summed E-state index contributed by atoms with van der Waals surface area (Å²) in [5.41, 5.74) is 3.86. The Kier molecular flexibility index (Phi) is 4.65. The van der Waals surface area contributed by atoms with E-state index in [9.17, 15) is 13.2 Å². The molecule has 0 aliphatic heterocycles. The zero-order valence-corrected chi connectivity index (χ0v) is 15.5. The highest BCUT2D eigenvalue weighted by atomic mass is 32.2. The van der Waals surface area contributed by atoms with Crippen LogP contribution < -0.4 is 4.72 Å². The van der Waals surface area contributed by atoms with E-state index in [2.05, 4.69) is 14.9 Å². The molecule has 0 saturated carbocycles. The highest BCUT2D eigenvalue weighted by Gasteiger charge is 2.18. The Balaban J connectivity index is 1.94. The number of benzene rings is 2. The Morgan fingerprint density at radius 1 is 1.04 bits per heavy atom. The lowest BCUT2D eigenvalue weighted by atomic mass is 10.1. The number of hydrogen-bond acceptors (Lipinski definition) is 4. The SMILES string of the molecule is CC(=O)c1ccc(NS(=O)(=O)c2cc(-c3cc(C)[nH]n3)ccc2C)cc1. The van der Waals surface area contributed by atoms with E-state index in [1.54, 1.807) is 43.3 Å². The molecule has 2 N–H and O–H groups in total. The number of anilines is 1. The molecule has 0 amide bonds. The average Bonchev–Trinajstić information content (AvgIpc) is 3.01. The number of sulfonamides is 1. The van der Waals surface area contributed by atoms with Gasteiger partial charge >= 0.3 is 0 Å². The summed E-state index contributed by atoms with van der Waals surface area (Å²) in [7, 11) is -3.77. The highest BCUT2D eigenvalue weighted by molar-refractivity contribution is 7.92. The fourth-order valence-corrected chi connectivity index (χ4v) is 3.93. The standard InChI is InChI=1S/C19H19N3O3S/c1-12-4-5-16(18-10-13(2)20-21-18)11-19(12)26(24,25)22-17-8-6-15(7-9-17)14(3)23/h4-11,22H,1-3H3,(H,20,21). The van der Waals surface area contributed by atoms with Crippen LogP contribution in [0.25, 0.3) is 11.3 Å². The molecule has 1 heterocycles. The van der Waals surface area contributed by atoms with E-state index in [1.165, 1.54) is 6.92 Å². The normalized spacial score (nSPS) is 11.3. The Hall–Kier alpha value is -2.93. The number of carbonyl (C=O) groups is 1. The quantitative estimate of drug-likeness (QED) is 0.671. The third-order valence-corrected chi connectivity index (χ3v) is 5.55. The first-order valence-corrected chi connectivity index (χ1v) is 9.51. The maximum Gasteiger partial charge on any atom is 0.262 e. The van der Waals surface area contributed by atoms with Gasteiger partial charge in [-0.2, -0.15) is 5.10 Å². The molecule has 134 valence electrons. The van der Waals surface area contributed by atoms with Gasteiger partial charge in [-0.05, 0) is 62.7 Å². The lowest BCUT2D eigenvalue weighted by Crippen LogP contribution is -2.14. The number of carbonyl (C=O) groups excluding carboxylic acids is 1. The monoisotopic (exact) mass is 369 g/mol. The number of ketones is 1. The van der Waals surface area contributed by atoms with E-state index in [-0.39, 0.29) is 10.7 Å². The number of H-pyrrole nitrogens is 1. The van der Waals surface area contributed by atoms with Crippen LogP contribution in [0.3, 0.4) is 0 Å². The molecule has 0 aliphatic rings. The summed E-state index contributed by atoms with van der Waals surface area (Å²) in [5, 5.41) is 7.03. The molecule has 0 atom stereocenters. The summed E-state index contributed by atoms with van der Waals surface area (Å²) in [5.74, 6) is -0.0720. The van der Waals surface area contributed by atoms with Crippen molar-refractivity contribution in [2.24, 2.45) is 0 Å². The first kappa shape index (κ1) is 17.9. The topological polar surface area (TPSA) is 91.9 Å². The summed E-state index contributed by atoms with van der Waals surface area (Å²) in [6, 6.07) is 13.4. The van der Waals surface area contributed by atoms with Gasteiger partial charge in [0.25, 0.3) is 10.0 Å². The molecule has 3 aromatic rings. The Labute approximate surface area is 152 Å². The Morgan fingerprint density at radius 2 is 1.73 bits per heavy atom. The minimum absolute atomic E-state index is 0.0720. The van der Waals surface area contributed by atoms with E-state index < -0.39 is 10.0 Å². The molecule has 0 bridgehead atoms. The first-order valence-electron chi connectivity index (χ1n) is 8.03.